The highest BCUT2D eigenvalue weighted by Gasteiger charge is 2.38. The van der Waals surface area contributed by atoms with Gasteiger partial charge in [0.2, 0.25) is 5.81 Å². The molecule has 206 valence electrons. The molecule has 5 heterocycles. The normalized spacial score (nSPS) is 16.5. The lowest BCUT2D eigenvalue weighted by atomic mass is 9.95. The van der Waals surface area contributed by atoms with Crippen LogP contribution >= 0.6 is 0 Å². The summed E-state index contributed by atoms with van der Waals surface area (Å²) in [5.74, 6) is -1.48. The van der Waals surface area contributed by atoms with Crippen molar-refractivity contribution < 1.29 is 24.5 Å². The molecule has 2 aliphatic rings. The summed E-state index contributed by atoms with van der Waals surface area (Å²) in [4.78, 5) is 20.9. The zero-order chi connectivity index (χ0) is 28.4. The Kier molecular flexibility index (Phi) is 6.17. The lowest BCUT2D eigenvalue weighted by molar-refractivity contribution is -0.160. The first kappa shape index (κ1) is 26.4. The van der Waals surface area contributed by atoms with E-state index < -0.39 is 11.3 Å². The average Bonchev–Trinajstić information content (AvgIpc) is 3.65. The zero-order valence-corrected chi connectivity index (χ0v) is 23.0. The number of methoxy groups -OCH3 is 1. The highest BCUT2D eigenvalue weighted by molar-refractivity contribution is 6.11. The first-order valence-electron chi connectivity index (χ1n) is 13.1. The number of imidazole rings is 1. The highest BCUT2D eigenvalue weighted by atomic mass is 16.5. The van der Waals surface area contributed by atoms with Crippen molar-refractivity contribution in [2.75, 3.05) is 26.9 Å². The number of carbonyl (C=O) groups excluding carboxylic acids is 1. The summed E-state index contributed by atoms with van der Waals surface area (Å²) in [6, 6.07) is 7.87. The molecular formula is C28H31BN6O5. The number of nitrogens with zero attached hydrogens (tertiary/aromatic N) is 6. The van der Waals surface area contributed by atoms with E-state index >= 15 is 0 Å². The van der Waals surface area contributed by atoms with Crippen molar-refractivity contribution >= 4 is 13.8 Å². The fraction of sp³-hybridized carbons (Fsp3) is 0.393. The van der Waals surface area contributed by atoms with Crippen LogP contribution in [0.1, 0.15) is 35.6 Å². The monoisotopic (exact) mass is 542 g/mol. The third kappa shape index (κ3) is 4.23. The molecule has 0 unspecified atom stereocenters. The smallest absolute Gasteiger partial charge is 0.274 e. The van der Waals surface area contributed by atoms with Crippen LogP contribution < -0.4 is 4.74 Å². The summed E-state index contributed by atoms with van der Waals surface area (Å²) >= 11 is 0. The maximum atomic E-state index is 14.1. The van der Waals surface area contributed by atoms with Gasteiger partial charge in [-0.15, -0.1) is 0 Å². The van der Waals surface area contributed by atoms with E-state index in [-0.39, 0.29) is 5.91 Å². The molecule has 11 nitrogen and oxygen atoms in total. The van der Waals surface area contributed by atoms with Gasteiger partial charge in [-0.1, -0.05) is 0 Å². The molecule has 1 amide bonds. The average molecular weight is 542 g/mol. The summed E-state index contributed by atoms with van der Waals surface area (Å²) in [6.07, 6.45) is 6.19. The SMILES string of the molecule is [B]C(O)(O)n1cc(-c2cc3c(cc2OC)CCc2c(C(=O)N4CCOCC4(C)C)nc(-c4cccn4C)n2-3)cn1. The molecule has 1 fully saturated rings. The van der Waals surface area contributed by atoms with Gasteiger partial charge in [-0.2, -0.15) is 5.10 Å². The number of rotatable bonds is 5. The van der Waals surface area contributed by atoms with Gasteiger partial charge in [0, 0.05) is 37.1 Å². The lowest BCUT2D eigenvalue weighted by Crippen LogP contribution is -2.55. The van der Waals surface area contributed by atoms with Crippen LogP contribution in [0.25, 0.3) is 28.3 Å². The van der Waals surface area contributed by atoms with Gasteiger partial charge in [0.15, 0.2) is 19.4 Å². The Hall–Kier alpha value is -3.87. The van der Waals surface area contributed by atoms with Crippen molar-refractivity contribution in [3.63, 3.8) is 0 Å². The van der Waals surface area contributed by atoms with E-state index in [0.717, 1.165) is 27.3 Å². The maximum absolute atomic E-state index is 14.1. The number of morpholine rings is 1. The zero-order valence-electron chi connectivity index (χ0n) is 23.0. The number of ether oxygens (including phenoxy) is 2. The summed E-state index contributed by atoms with van der Waals surface area (Å²) in [5, 5.41) is 23.6. The maximum Gasteiger partial charge on any atom is 0.274 e. The summed E-state index contributed by atoms with van der Waals surface area (Å²) in [6.45, 7) is 5.46. The van der Waals surface area contributed by atoms with Crippen molar-refractivity contribution in [3.05, 3.63) is 59.8 Å². The highest BCUT2D eigenvalue weighted by Crippen LogP contribution is 2.40. The third-order valence-electron chi connectivity index (χ3n) is 7.74. The minimum absolute atomic E-state index is 0.110. The van der Waals surface area contributed by atoms with E-state index in [1.54, 1.807) is 7.11 Å². The van der Waals surface area contributed by atoms with Gasteiger partial charge in [0.05, 0.1) is 49.1 Å². The molecular weight excluding hydrogens is 511 g/mol. The van der Waals surface area contributed by atoms with Crippen molar-refractivity contribution in [1.82, 2.24) is 28.8 Å². The topological polar surface area (TPSA) is 120 Å². The van der Waals surface area contributed by atoms with E-state index in [9.17, 15) is 15.0 Å². The number of hydrogen-bond donors (Lipinski definition) is 2. The Morgan fingerprint density at radius 1 is 1.25 bits per heavy atom. The largest absolute Gasteiger partial charge is 0.496 e. The van der Waals surface area contributed by atoms with Crippen LogP contribution in [0.4, 0.5) is 0 Å². The number of aryl methyl sites for hydroxylation is 2. The number of carbonyl (C=O) groups is 1. The summed E-state index contributed by atoms with van der Waals surface area (Å²) in [5.41, 5.74) is 4.85. The second-order valence-electron chi connectivity index (χ2n) is 10.9. The number of fused-ring (bicyclic) bond motifs is 3. The molecule has 0 saturated carbocycles. The first-order valence-corrected chi connectivity index (χ1v) is 13.1. The van der Waals surface area contributed by atoms with Crippen molar-refractivity contribution in [2.24, 2.45) is 7.05 Å². The number of hydrogen-bond acceptors (Lipinski definition) is 7. The number of benzene rings is 1. The molecule has 12 heteroatoms. The second-order valence-corrected chi connectivity index (χ2v) is 10.9. The van der Waals surface area contributed by atoms with Crippen LogP contribution in [0.2, 0.25) is 0 Å². The second kappa shape index (κ2) is 9.36. The summed E-state index contributed by atoms with van der Waals surface area (Å²) < 4.78 is 16.3. The number of aliphatic hydroxyl groups is 2. The quantitative estimate of drug-likeness (QED) is 0.292. The summed E-state index contributed by atoms with van der Waals surface area (Å²) in [7, 11) is 8.95. The van der Waals surface area contributed by atoms with Gasteiger partial charge in [0.25, 0.3) is 5.91 Å². The van der Waals surface area contributed by atoms with Crippen LogP contribution in [0.15, 0.2) is 42.9 Å². The Bertz CT molecular complexity index is 1610. The molecule has 4 aromatic rings. The fourth-order valence-corrected chi connectivity index (χ4v) is 5.65. The van der Waals surface area contributed by atoms with E-state index in [0.29, 0.717) is 61.0 Å². The molecule has 2 radical (unpaired) electrons. The molecule has 0 aliphatic carbocycles. The lowest BCUT2D eigenvalue weighted by Gasteiger charge is -2.41. The standard InChI is InChI=1S/C28H31BN6O5/c1-27(2)16-40-11-10-33(27)26(36)24-20-8-7-17-12-23(39-4)19(18-14-30-34(15-18)28(29,37)38)13-22(17)35(20)25(31-24)21-6-5-9-32(21)3/h5-6,9,12-15,37-38H,7-8,10-11,16H2,1-4H3. The Labute approximate surface area is 233 Å². The van der Waals surface area contributed by atoms with Crippen LogP contribution in [-0.4, -0.2) is 85.2 Å². The van der Waals surface area contributed by atoms with Crippen LogP contribution in [0.3, 0.4) is 0 Å². The van der Waals surface area contributed by atoms with Gasteiger partial charge in [-0.05, 0) is 56.5 Å². The molecule has 0 spiro atoms. The van der Waals surface area contributed by atoms with E-state index in [4.69, 9.17) is 22.3 Å². The first-order chi connectivity index (χ1) is 19.0. The molecule has 0 bridgehead atoms. The molecule has 6 rings (SSSR count). The molecule has 0 atom stereocenters. The molecule has 2 aliphatic heterocycles. The Morgan fingerprint density at radius 2 is 2.05 bits per heavy atom. The molecule has 1 saturated heterocycles. The predicted molar refractivity (Wildman–Crippen MR) is 147 cm³/mol. The van der Waals surface area contributed by atoms with Crippen molar-refractivity contribution in [3.8, 4) is 34.1 Å². The minimum Gasteiger partial charge on any atom is -0.496 e. The van der Waals surface area contributed by atoms with Gasteiger partial charge in [-0.3, -0.25) is 9.36 Å². The molecule has 3 aromatic heterocycles. The third-order valence-corrected chi connectivity index (χ3v) is 7.74. The minimum atomic E-state index is -2.64. The van der Waals surface area contributed by atoms with Crippen LogP contribution in [0, 0.1) is 0 Å². The van der Waals surface area contributed by atoms with Gasteiger partial charge in [0.1, 0.15) is 5.75 Å². The number of amides is 1. The van der Waals surface area contributed by atoms with E-state index in [1.807, 2.05) is 60.8 Å². The van der Waals surface area contributed by atoms with Crippen LogP contribution in [0.5, 0.6) is 5.75 Å². The predicted octanol–water partition coefficient (Wildman–Crippen LogP) is 1.82. The van der Waals surface area contributed by atoms with Gasteiger partial charge in [-0.25, -0.2) is 9.67 Å². The Balaban J connectivity index is 1.55. The van der Waals surface area contributed by atoms with Crippen LogP contribution in [-0.2, 0) is 30.4 Å². The fourth-order valence-electron chi connectivity index (χ4n) is 5.65. The van der Waals surface area contributed by atoms with E-state index in [2.05, 4.69) is 9.67 Å². The van der Waals surface area contributed by atoms with Crippen molar-refractivity contribution in [1.29, 1.82) is 0 Å². The van der Waals surface area contributed by atoms with Gasteiger partial charge < -0.3 is 29.2 Å². The number of aromatic nitrogens is 5. The molecule has 1 aromatic carbocycles. The molecule has 40 heavy (non-hydrogen) atoms. The Morgan fingerprint density at radius 3 is 2.70 bits per heavy atom. The van der Waals surface area contributed by atoms with Crippen molar-refractivity contribution in [2.45, 2.75) is 38.0 Å². The van der Waals surface area contributed by atoms with E-state index in [1.165, 1.54) is 12.4 Å². The molecule has 2 N–H and O–H groups in total. The van der Waals surface area contributed by atoms with Gasteiger partial charge >= 0.3 is 0 Å².